The van der Waals surface area contributed by atoms with Crippen LogP contribution >= 0.6 is 0 Å². The second kappa shape index (κ2) is 5.48. The molecule has 1 aliphatic heterocycles. The van der Waals surface area contributed by atoms with Crippen LogP contribution in [0.1, 0.15) is 30.3 Å². The van der Waals surface area contributed by atoms with Crippen molar-refractivity contribution in [1.82, 2.24) is 20.1 Å². The Morgan fingerprint density at radius 2 is 2.45 bits per heavy atom. The van der Waals surface area contributed by atoms with Crippen LogP contribution in [0.5, 0.6) is 0 Å². The molecule has 0 spiro atoms. The Labute approximate surface area is 117 Å². The van der Waals surface area contributed by atoms with Crippen LogP contribution in [0, 0.1) is 6.92 Å². The predicted octanol–water partition coefficient (Wildman–Crippen LogP) is 1.24. The number of hydrogen-bond donors (Lipinski definition) is 1. The van der Waals surface area contributed by atoms with E-state index < -0.39 is 0 Å². The van der Waals surface area contributed by atoms with Crippen molar-refractivity contribution in [1.29, 1.82) is 0 Å². The van der Waals surface area contributed by atoms with Gasteiger partial charge in [0.15, 0.2) is 0 Å². The molecule has 0 saturated heterocycles. The van der Waals surface area contributed by atoms with Crippen molar-refractivity contribution in [2.24, 2.45) is 0 Å². The Hall–Kier alpha value is -2.11. The van der Waals surface area contributed by atoms with Gasteiger partial charge in [-0.2, -0.15) is 0 Å². The number of rotatable bonds is 4. The van der Waals surface area contributed by atoms with E-state index in [0.29, 0.717) is 12.8 Å². The second-order valence-electron chi connectivity index (χ2n) is 5.16. The van der Waals surface area contributed by atoms with Gasteiger partial charge in [0.1, 0.15) is 17.4 Å². The van der Waals surface area contributed by atoms with Crippen molar-refractivity contribution in [2.75, 3.05) is 0 Å². The Kier molecular flexibility index (Phi) is 3.54. The molecule has 1 amide bonds. The van der Waals surface area contributed by atoms with E-state index in [4.69, 9.17) is 4.42 Å². The molecule has 6 heteroatoms. The van der Waals surface area contributed by atoms with Gasteiger partial charge >= 0.3 is 0 Å². The lowest BCUT2D eigenvalue weighted by molar-refractivity contribution is -0.122. The van der Waals surface area contributed by atoms with E-state index >= 15 is 0 Å². The average Bonchev–Trinajstić information content (AvgIpc) is 3.07. The number of furan rings is 1. The number of nitrogens with zero attached hydrogens (tertiary/aromatic N) is 3. The minimum atomic E-state index is 0.0700. The lowest BCUT2D eigenvalue weighted by Crippen LogP contribution is -2.41. The SMILES string of the molecule is Cc1nnc2n1C[C@@H](NC(=O)CCc1ccco1)CC2. The summed E-state index contributed by atoms with van der Waals surface area (Å²) in [7, 11) is 0. The van der Waals surface area contributed by atoms with Crippen LogP contribution in [0.25, 0.3) is 0 Å². The zero-order chi connectivity index (χ0) is 13.9. The van der Waals surface area contributed by atoms with Crippen LogP contribution in [0.2, 0.25) is 0 Å². The molecular weight excluding hydrogens is 256 g/mol. The fourth-order valence-electron chi connectivity index (χ4n) is 2.57. The molecule has 0 unspecified atom stereocenters. The van der Waals surface area contributed by atoms with Gasteiger partial charge in [-0.25, -0.2) is 0 Å². The summed E-state index contributed by atoms with van der Waals surface area (Å²) in [4.78, 5) is 11.9. The molecule has 3 heterocycles. The number of aromatic nitrogens is 3. The van der Waals surface area contributed by atoms with Crippen molar-refractivity contribution < 1.29 is 9.21 Å². The monoisotopic (exact) mass is 274 g/mol. The third-order valence-electron chi connectivity index (χ3n) is 3.68. The van der Waals surface area contributed by atoms with Crippen molar-refractivity contribution in [2.45, 2.75) is 45.2 Å². The lowest BCUT2D eigenvalue weighted by atomic mass is 10.1. The molecule has 0 radical (unpaired) electrons. The normalized spacial score (nSPS) is 17.8. The molecule has 106 valence electrons. The van der Waals surface area contributed by atoms with Crippen molar-refractivity contribution in [3.05, 3.63) is 35.8 Å². The summed E-state index contributed by atoms with van der Waals surface area (Å²) in [5.41, 5.74) is 0. The summed E-state index contributed by atoms with van der Waals surface area (Å²) in [6.07, 6.45) is 4.51. The first-order valence-corrected chi connectivity index (χ1v) is 6.93. The van der Waals surface area contributed by atoms with Crippen LogP contribution in [0.4, 0.5) is 0 Å². The number of fused-ring (bicyclic) bond motifs is 1. The first-order valence-electron chi connectivity index (χ1n) is 6.93. The maximum atomic E-state index is 11.9. The maximum Gasteiger partial charge on any atom is 0.220 e. The first kappa shape index (κ1) is 12.9. The summed E-state index contributed by atoms with van der Waals surface area (Å²) in [5, 5.41) is 11.3. The summed E-state index contributed by atoms with van der Waals surface area (Å²) < 4.78 is 7.31. The molecule has 1 aliphatic rings. The molecule has 1 N–H and O–H groups in total. The molecule has 2 aromatic heterocycles. The minimum absolute atomic E-state index is 0.0700. The summed E-state index contributed by atoms with van der Waals surface area (Å²) in [5.74, 6) is 2.85. The van der Waals surface area contributed by atoms with Crippen LogP contribution in [-0.4, -0.2) is 26.7 Å². The number of nitrogens with one attached hydrogen (secondary N) is 1. The summed E-state index contributed by atoms with van der Waals surface area (Å²) >= 11 is 0. The van der Waals surface area contributed by atoms with E-state index in [-0.39, 0.29) is 11.9 Å². The first-order chi connectivity index (χ1) is 9.72. The van der Waals surface area contributed by atoms with E-state index in [9.17, 15) is 4.79 Å². The molecule has 2 aromatic rings. The van der Waals surface area contributed by atoms with E-state index in [2.05, 4.69) is 20.1 Å². The number of carbonyl (C=O) groups is 1. The number of aryl methyl sites for hydroxylation is 3. The average molecular weight is 274 g/mol. The molecular formula is C14H18N4O2. The fraction of sp³-hybridized carbons (Fsp3) is 0.500. The van der Waals surface area contributed by atoms with Gasteiger partial charge in [0.05, 0.1) is 6.26 Å². The molecule has 6 nitrogen and oxygen atoms in total. The number of hydrogen-bond acceptors (Lipinski definition) is 4. The largest absolute Gasteiger partial charge is 0.469 e. The fourth-order valence-corrected chi connectivity index (χ4v) is 2.57. The van der Waals surface area contributed by atoms with E-state index in [1.165, 1.54) is 0 Å². The van der Waals surface area contributed by atoms with Crippen LogP contribution < -0.4 is 5.32 Å². The Balaban J connectivity index is 1.51. The molecule has 0 aliphatic carbocycles. The highest BCUT2D eigenvalue weighted by Crippen LogP contribution is 2.14. The van der Waals surface area contributed by atoms with Gasteiger partial charge in [0, 0.05) is 31.8 Å². The highest BCUT2D eigenvalue weighted by atomic mass is 16.3. The van der Waals surface area contributed by atoms with Crippen molar-refractivity contribution >= 4 is 5.91 Å². The third-order valence-corrected chi connectivity index (χ3v) is 3.68. The molecule has 0 bridgehead atoms. The van der Waals surface area contributed by atoms with Gasteiger partial charge < -0.3 is 14.3 Å². The smallest absolute Gasteiger partial charge is 0.220 e. The third kappa shape index (κ3) is 2.74. The molecule has 20 heavy (non-hydrogen) atoms. The van der Waals surface area contributed by atoms with Gasteiger partial charge in [0.2, 0.25) is 5.91 Å². The van der Waals surface area contributed by atoms with Gasteiger partial charge in [-0.3, -0.25) is 4.79 Å². The Morgan fingerprint density at radius 3 is 3.25 bits per heavy atom. The molecule has 0 saturated carbocycles. The van der Waals surface area contributed by atoms with Crippen LogP contribution in [0.3, 0.4) is 0 Å². The zero-order valence-corrected chi connectivity index (χ0v) is 11.5. The number of carbonyl (C=O) groups excluding carboxylic acids is 1. The van der Waals surface area contributed by atoms with Gasteiger partial charge in [0.25, 0.3) is 0 Å². The van der Waals surface area contributed by atoms with Crippen molar-refractivity contribution in [3.63, 3.8) is 0 Å². The summed E-state index contributed by atoms with van der Waals surface area (Å²) in [6.45, 7) is 2.71. The Morgan fingerprint density at radius 1 is 1.55 bits per heavy atom. The standard InChI is InChI=1S/C14H18N4O2/c1-10-16-17-13-6-4-11(9-18(10)13)15-14(19)7-5-12-3-2-8-20-12/h2-3,8,11H,4-7,9H2,1H3,(H,15,19)/t11-/m0/s1. The molecule has 3 rings (SSSR count). The second-order valence-corrected chi connectivity index (χ2v) is 5.16. The molecule has 1 atom stereocenters. The number of amides is 1. The van der Waals surface area contributed by atoms with E-state index in [1.807, 2.05) is 19.1 Å². The van der Waals surface area contributed by atoms with Gasteiger partial charge in [-0.1, -0.05) is 0 Å². The van der Waals surface area contributed by atoms with Crippen LogP contribution in [-0.2, 0) is 24.2 Å². The van der Waals surface area contributed by atoms with Crippen molar-refractivity contribution in [3.8, 4) is 0 Å². The predicted molar refractivity (Wildman–Crippen MR) is 72.0 cm³/mol. The zero-order valence-electron chi connectivity index (χ0n) is 11.5. The quantitative estimate of drug-likeness (QED) is 0.910. The van der Waals surface area contributed by atoms with E-state index in [1.54, 1.807) is 6.26 Å². The minimum Gasteiger partial charge on any atom is -0.469 e. The summed E-state index contributed by atoms with van der Waals surface area (Å²) in [6, 6.07) is 3.90. The lowest BCUT2D eigenvalue weighted by Gasteiger charge is -2.24. The van der Waals surface area contributed by atoms with Gasteiger partial charge in [-0.15, -0.1) is 10.2 Å². The highest BCUT2D eigenvalue weighted by Gasteiger charge is 2.22. The molecule has 0 aromatic carbocycles. The van der Waals surface area contributed by atoms with E-state index in [0.717, 1.165) is 36.8 Å². The highest BCUT2D eigenvalue weighted by molar-refractivity contribution is 5.76. The maximum absolute atomic E-state index is 11.9. The van der Waals surface area contributed by atoms with Gasteiger partial charge in [-0.05, 0) is 25.5 Å². The van der Waals surface area contributed by atoms with Crippen LogP contribution in [0.15, 0.2) is 22.8 Å². The molecule has 0 fully saturated rings. The topological polar surface area (TPSA) is 73.0 Å². The Bertz CT molecular complexity index is 588.